The number of nitrogens with two attached hydrogens (primary N) is 1. The van der Waals surface area contributed by atoms with Gasteiger partial charge in [0.2, 0.25) is 0 Å². The highest BCUT2D eigenvalue weighted by molar-refractivity contribution is 7.99. The number of rotatable bonds is 6. The number of hydrogen-bond donors (Lipinski definition) is 2. The summed E-state index contributed by atoms with van der Waals surface area (Å²) in [5.41, 5.74) is 6.41. The summed E-state index contributed by atoms with van der Waals surface area (Å²) in [7, 11) is -4.07. The van der Waals surface area contributed by atoms with E-state index in [9.17, 15) is 8.42 Å². The predicted molar refractivity (Wildman–Crippen MR) is 66.3 cm³/mol. The lowest BCUT2D eigenvalue weighted by atomic mass is 10.2. The third kappa shape index (κ3) is 4.52. The molecule has 0 aliphatic rings. The van der Waals surface area contributed by atoms with E-state index in [-0.39, 0.29) is 4.90 Å². The standard InChI is InChI=1S/C10H15NO3S2/c11-6-8-15-7-5-9-1-3-10(4-2-9)16(12,13)14/h1-4H,5-8,11H2,(H,12,13,14). The molecule has 1 aromatic carbocycles. The van der Waals surface area contributed by atoms with Crippen LogP contribution in [0.3, 0.4) is 0 Å². The quantitative estimate of drug-likeness (QED) is 0.593. The van der Waals surface area contributed by atoms with Crippen LogP contribution in [0.1, 0.15) is 5.56 Å². The molecular formula is C10H15NO3S2. The number of aryl methyl sites for hydroxylation is 1. The summed E-state index contributed by atoms with van der Waals surface area (Å²) < 4.78 is 30.3. The van der Waals surface area contributed by atoms with Crippen LogP contribution in [0.2, 0.25) is 0 Å². The van der Waals surface area contributed by atoms with Gasteiger partial charge in [0.1, 0.15) is 0 Å². The van der Waals surface area contributed by atoms with Gasteiger partial charge in [0, 0.05) is 12.3 Å². The lowest BCUT2D eigenvalue weighted by molar-refractivity contribution is 0.483. The van der Waals surface area contributed by atoms with Crippen molar-refractivity contribution >= 4 is 21.9 Å². The summed E-state index contributed by atoms with van der Waals surface area (Å²) in [5, 5.41) is 0. The maximum absolute atomic E-state index is 10.8. The third-order valence-electron chi connectivity index (χ3n) is 2.02. The molecule has 0 saturated heterocycles. The van der Waals surface area contributed by atoms with Gasteiger partial charge in [-0.2, -0.15) is 20.2 Å². The summed E-state index contributed by atoms with van der Waals surface area (Å²) >= 11 is 1.77. The molecule has 0 bridgehead atoms. The van der Waals surface area contributed by atoms with Crippen molar-refractivity contribution in [1.82, 2.24) is 0 Å². The molecular weight excluding hydrogens is 246 g/mol. The monoisotopic (exact) mass is 261 g/mol. The smallest absolute Gasteiger partial charge is 0.294 e. The summed E-state index contributed by atoms with van der Waals surface area (Å²) in [6, 6.07) is 6.26. The van der Waals surface area contributed by atoms with E-state index < -0.39 is 10.1 Å². The second-order valence-corrected chi connectivity index (χ2v) is 5.92. The van der Waals surface area contributed by atoms with Crippen molar-refractivity contribution in [2.24, 2.45) is 5.73 Å². The van der Waals surface area contributed by atoms with Gasteiger partial charge in [0.15, 0.2) is 0 Å². The Morgan fingerprint density at radius 3 is 2.31 bits per heavy atom. The first-order chi connectivity index (χ1) is 7.54. The maximum atomic E-state index is 10.8. The van der Waals surface area contributed by atoms with Crippen LogP contribution in [0.15, 0.2) is 29.2 Å². The predicted octanol–water partition coefficient (Wildman–Crippen LogP) is 1.17. The Morgan fingerprint density at radius 2 is 1.81 bits per heavy atom. The number of benzene rings is 1. The van der Waals surface area contributed by atoms with E-state index in [2.05, 4.69) is 0 Å². The fourth-order valence-electron chi connectivity index (χ4n) is 1.20. The van der Waals surface area contributed by atoms with Crippen LogP contribution in [0.25, 0.3) is 0 Å². The highest BCUT2D eigenvalue weighted by Crippen LogP contribution is 2.12. The van der Waals surface area contributed by atoms with Gasteiger partial charge in [-0.1, -0.05) is 12.1 Å². The van der Waals surface area contributed by atoms with Gasteiger partial charge in [0.25, 0.3) is 10.1 Å². The largest absolute Gasteiger partial charge is 0.330 e. The normalized spacial score (nSPS) is 11.6. The molecule has 1 aromatic rings. The highest BCUT2D eigenvalue weighted by Gasteiger charge is 2.07. The molecule has 0 heterocycles. The van der Waals surface area contributed by atoms with Crippen molar-refractivity contribution in [3.8, 4) is 0 Å². The SMILES string of the molecule is NCCSCCc1ccc(S(=O)(=O)O)cc1. The molecule has 0 fully saturated rings. The minimum Gasteiger partial charge on any atom is -0.330 e. The molecule has 0 saturated carbocycles. The molecule has 90 valence electrons. The molecule has 0 atom stereocenters. The zero-order valence-corrected chi connectivity index (χ0v) is 10.4. The van der Waals surface area contributed by atoms with Crippen LogP contribution >= 0.6 is 11.8 Å². The molecule has 0 radical (unpaired) electrons. The van der Waals surface area contributed by atoms with Crippen molar-refractivity contribution in [3.63, 3.8) is 0 Å². The van der Waals surface area contributed by atoms with E-state index in [4.69, 9.17) is 10.3 Å². The van der Waals surface area contributed by atoms with E-state index in [1.807, 2.05) is 0 Å². The average molecular weight is 261 g/mol. The molecule has 0 unspecified atom stereocenters. The summed E-state index contributed by atoms with van der Waals surface area (Å²) in [6.45, 7) is 0.673. The summed E-state index contributed by atoms with van der Waals surface area (Å²) in [5.74, 6) is 1.89. The average Bonchev–Trinajstić information content (AvgIpc) is 2.24. The van der Waals surface area contributed by atoms with Crippen LogP contribution in [0.4, 0.5) is 0 Å². The minimum absolute atomic E-state index is 0.0640. The molecule has 3 N–H and O–H groups in total. The van der Waals surface area contributed by atoms with Crippen LogP contribution in [-0.4, -0.2) is 31.0 Å². The Labute approximate surface area is 100.0 Å². The first kappa shape index (κ1) is 13.5. The molecule has 16 heavy (non-hydrogen) atoms. The Bertz CT molecular complexity index is 414. The third-order valence-corrected chi connectivity index (χ3v) is 3.90. The minimum atomic E-state index is -4.07. The molecule has 0 aliphatic heterocycles. The van der Waals surface area contributed by atoms with Crippen LogP contribution in [0, 0.1) is 0 Å². The summed E-state index contributed by atoms with van der Waals surface area (Å²) in [4.78, 5) is -0.0640. The van der Waals surface area contributed by atoms with Gasteiger partial charge in [-0.15, -0.1) is 0 Å². The molecule has 6 heteroatoms. The fourth-order valence-corrected chi connectivity index (χ4v) is 2.43. The Morgan fingerprint density at radius 1 is 1.19 bits per heavy atom. The van der Waals surface area contributed by atoms with Crippen LogP contribution in [-0.2, 0) is 16.5 Å². The van der Waals surface area contributed by atoms with Gasteiger partial charge >= 0.3 is 0 Å². The Kier molecular flexibility index (Phi) is 5.27. The lowest BCUT2D eigenvalue weighted by Gasteiger charge is -2.02. The van der Waals surface area contributed by atoms with Crippen LogP contribution < -0.4 is 5.73 Å². The second kappa shape index (κ2) is 6.24. The van der Waals surface area contributed by atoms with E-state index in [1.54, 1.807) is 23.9 Å². The van der Waals surface area contributed by atoms with Gasteiger partial charge in [-0.3, -0.25) is 4.55 Å². The van der Waals surface area contributed by atoms with Gasteiger partial charge in [-0.05, 0) is 29.9 Å². The van der Waals surface area contributed by atoms with Crippen molar-refractivity contribution in [3.05, 3.63) is 29.8 Å². The topological polar surface area (TPSA) is 80.4 Å². The number of thioether (sulfide) groups is 1. The molecule has 0 aliphatic carbocycles. The molecule has 0 spiro atoms. The molecule has 1 rings (SSSR count). The Balaban J connectivity index is 2.52. The van der Waals surface area contributed by atoms with Gasteiger partial charge in [0.05, 0.1) is 4.90 Å². The maximum Gasteiger partial charge on any atom is 0.294 e. The second-order valence-electron chi connectivity index (χ2n) is 3.27. The van der Waals surface area contributed by atoms with E-state index >= 15 is 0 Å². The Hall–Kier alpha value is -0.560. The molecule has 0 amide bonds. The molecule has 4 nitrogen and oxygen atoms in total. The number of hydrogen-bond acceptors (Lipinski definition) is 4. The van der Waals surface area contributed by atoms with E-state index in [0.29, 0.717) is 6.54 Å². The zero-order valence-electron chi connectivity index (χ0n) is 8.80. The van der Waals surface area contributed by atoms with Crippen LogP contribution in [0.5, 0.6) is 0 Å². The van der Waals surface area contributed by atoms with Gasteiger partial charge < -0.3 is 5.73 Å². The van der Waals surface area contributed by atoms with Crippen molar-refractivity contribution in [1.29, 1.82) is 0 Å². The lowest BCUT2D eigenvalue weighted by Crippen LogP contribution is -2.02. The van der Waals surface area contributed by atoms with Crippen molar-refractivity contribution < 1.29 is 13.0 Å². The van der Waals surface area contributed by atoms with Crippen molar-refractivity contribution in [2.75, 3.05) is 18.1 Å². The highest BCUT2D eigenvalue weighted by atomic mass is 32.2. The first-order valence-corrected chi connectivity index (χ1v) is 7.48. The van der Waals surface area contributed by atoms with Gasteiger partial charge in [-0.25, -0.2) is 0 Å². The molecule has 0 aromatic heterocycles. The zero-order chi connectivity index (χ0) is 12.0. The first-order valence-electron chi connectivity index (χ1n) is 4.88. The van der Waals surface area contributed by atoms with E-state index in [0.717, 1.165) is 23.5 Å². The van der Waals surface area contributed by atoms with Crippen molar-refractivity contribution in [2.45, 2.75) is 11.3 Å². The van der Waals surface area contributed by atoms with E-state index in [1.165, 1.54) is 12.1 Å². The summed E-state index contributed by atoms with van der Waals surface area (Å²) in [6.07, 6.45) is 0.871. The fraction of sp³-hybridized carbons (Fsp3) is 0.400.